The molecule has 0 fully saturated rings. The summed E-state index contributed by atoms with van der Waals surface area (Å²) in [5, 5.41) is 28.5. The zero-order valence-electron chi connectivity index (χ0n) is 13.0. The van der Waals surface area contributed by atoms with Crippen LogP contribution in [0.1, 0.15) is 30.8 Å². The topological polar surface area (TPSA) is 120 Å². The van der Waals surface area contributed by atoms with Gasteiger partial charge in [-0.05, 0) is 24.5 Å². The molecular weight excluding hydrogens is 333 g/mol. The molecule has 1 heterocycles. The maximum absolute atomic E-state index is 10.7. The second kappa shape index (κ2) is 9.71. The molecule has 0 amide bonds. The lowest BCUT2D eigenvalue weighted by Crippen LogP contribution is -2.21. The maximum Gasteiger partial charge on any atom is 0.490 e. The molecule has 1 unspecified atom stereocenters. The predicted octanol–water partition coefficient (Wildman–Crippen LogP) is 2.23. The highest BCUT2D eigenvalue weighted by Crippen LogP contribution is 2.13. The Morgan fingerprint density at radius 3 is 2.21 bits per heavy atom. The van der Waals surface area contributed by atoms with Gasteiger partial charge in [-0.3, -0.25) is 0 Å². The van der Waals surface area contributed by atoms with Crippen LogP contribution in [0.5, 0.6) is 0 Å². The van der Waals surface area contributed by atoms with E-state index in [1.807, 2.05) is 13.8 Å². The fourth-order valence-electron chi connectivity index (χ4n) is 1.50. The highest BCUT2D eigenvalue weighted by Gasteiger charge is 2.38. The van der Waals surface area contributed by atoms with Crippen molar-refractivity contribution in [1.82, 2.24) is 4.98 Å². The molecule has 0 spiro atoms. The minimum atomic E-state index is -5.08. The van der Waals surface area contributed by atoms with E-state index in [0.717, 1.165) is 0 Å². The molecule has 1 aromatic rings. The van der Waals surface area contributed by atoms with Crippen molar-refractivity contribution < 1.29 is 38.1 Å². The van der Waals surface area contributed by atoms with Gasteiger partial charge in [-0.2, -0.15) is 13.2 Å². The first-order valence-electron chi connectivity index (χ1n) is 6.85. The first kappa shape index (κ1) is 21.6. The molecule has 0 aliphatic rings. The van der Waals surface area contributed by atoms with Gasteiger partial charge in [0.05, 0.1) is 6.10 Å². The summed E-state index contributed by atoms with van der Waals surface area (Å²) >= 11 is 0. The number of carboxylic acid groups (broad SMARTS) is 2. The summed E-state index contributed by atoms with van der Waals surface area (Å²) in [4.78, 5) is 23.5. The Morgan fingerprint density at radius 2 is 1.79 bits per heavy atom. The Labute approximate surface area is 136 Å². The number of aliphatic hydroxyl groups excluding tert-OH is 1. The molecule has 1 aromatic heterocycles. The molecule has 0 bridgehead atoms. The largest absolute Gasteiger partial charge is 0.490 e. The molecule has 24 heavy (non-hydrogen) atoms. The van der Waals surface area contributed by atoms with E-state index in [4.69, 9.17) is 15.0 Å². The number of aliphatic hydroxyl groups is 1. The van der Waals surface area contributed by atoms with Crippen molar-refractivity contribution in [2.24, 2.45) is 5.92 Å². The van der Waals surface area contributed by atoms with E-state index < -0.39 is 24.2 Å². The van der Waals surface area contributed by atoms with Crippen molar-refractivity contribution >= 4 is 17.8 Å². The lowest BCUT2D eigenvalue weighted by atomic mass is 10.1. The Kier molecular flexibility index (Phi) is 8.75. The number of hydrogen-bond acceptors (Lipinski definition) is 5. The van der Waals surface area contributed by atoms with Crippen molar-refractivity contribution in [3.05, 3.63) is 23.9 Å². The van der Waals surface area contributed by atoms with Gasteiger partial charge in [0.15, 0.2) is 5.69 Å². The van der Waals surface area contributed by atoms with Gasteiger partial charge in [0, 0.05) is 6.54 Å². The zero-order valence-corrected chi connectivity index (χ0v) is 13.0. The van der Waals surface area contributed by atoms with Crippen LogP contribution in [0, 0.1) is 5.92 Å². The number of alkyl halides is 3. The average molecular weight is 352 g/mol. The van der Waals surface area contributed by atoms with Crippen molar-refractivity contribution in [1.29, 1.82) is 0 Å². The number of halogens is 3. The number of aromatic nitrogens is 1. The lowest BCUT2D eigenvalue weighted by Gasteiger charge is -2.14. The van der Waals surface area contributed by atoms with Gasteiger partial charge in [0.25, 0.3) is 0 Å². The van der Waals surface area contributed by atoms with E-state index in [0.29, 0.717) is 24.7 Å². The summed E-state index contributed by atoms with van der Waals surface area (Å²) in [5.74, 6) is -2.93. The summed E-state index contributed by atoms with van der Waals surface area (Å²) in [5.41, 5.74) is -0.00616. The fraction of sp³-hybridized carbons (Fsp3) is 0.500. The molecule has 1 atom stereocenters. The molecule has 10 heteroatoms. The third-order valence-electron chi connectivity index (χ3n) is 2.47. The van der Waals surface area contributed by atoms with E-state index in [2.05, 4.69) is 10.3 Å². The van der Waals surface area contributed by atoms with Gasteiger partial charge in [0.2, 0.25) is 0 Å². The van der Waals surface area contributed by atoms with E-state index in [1.54, 1.807) is 12.1 Å². The van der Waals surface area contributed by atoms with Crippen LogP contribution in [0.4, 0.5) is 19.0 Å². The summed E-state index contributed by atoms with van der Waals surface area (Å²) in [6, 6.07) is 4.72. The molecule has 0 aromatic carbocycles. The van der Waals surface area contributed by atoms with Gasteiger partial charge in [-0.1, -0.05) is 19.9 Å². The van der Waals surface area contributed by atoms with Gasteiger partial charge < -0.3 is 20.6 Å². The van der Waals surface area contributed by atoms with Gasteiger partial charge >= 0.3 is 18.1 Å². The molecule has 1 rings (SSSR count). The molecule has 0 saturated carbocycles. The molecule has 0 saturated heterocycles. The van der Waals surface area contributed by atoms with E-state index in [1.165, 1.54) is 6.07 Å². The Morgan fingerprint density at radius 1 is 1.25 bits per heavy atom. The second-order valence-electron chi connectivity index (χ2n) is 5.18. The quantitative estimate of drug-likeness (QED) is 0.620. The summed E-state index contributed by atoms with van der Waals surface area (Å²) in [6.07, 6.45) is -4.84. The third kappa shape index (κ3) is 9.62. The molecule has 4 N–H and O–H groups in total. The van der Waals surface area contributed by atoms with Crippen LogP contribution < -0.4 is 5.32 Å². The summed E-state index contributed by atoms with van der Waals surface area (Å²) in [6.45, 7) is 4.44. The number of rotatable bonds is 6. The molecule has 0 aliphatic carbocycles. The monoisotopic (exact) mass is 352 g/mol. The molecule has 136 valence electrons. The normalized spacial score (nSPS) is 12.1. The molecule has 0 radical (unpaired) electrons. The van der Waals surface area contributed by atoms with Crippen LogP contribution in [0.3, 0.4) is 0 Å². The zero-order chi connectivity index (χ0) is 18.9. The van der Waals surface area contributed by atoms with Crippen LogP contribution in [0.2, 0.25) is 0 Å². The van der Waals surface area contributed by atoms with Crippen LogP contribution in [0.25, 0.3) is 0 Å². The lowest BCUT2D eigenvalue weighted by molar-refractivity contribution is -0.192. The third-order valence-corrected chi connectivity index (χ3v) is 2.47. The average Bonchev–Trinajstić information content (AvgIpc) is 2.44. The Hall–Kier alpha value is -2.36. The van der Waals surface area contributed by atoms with Crippen molar-refractivity contribution in [3.8, 4) is 0 Å². The van der Waals surface area contributed by atoms with E-state index >= 15 is 0 Å². The first-order chi connectivity index (χ1) is 10.9. The highest BCUT2D eigenvalue weighted by atomic mass is 19.4. The van der Waals surface area contributed by atoms with Crippen LogP contribution in [0.15, 0.2) is 18.2 Å². The second-order valence-corrected chi connectivity index (χ2v) is 5.18. The number of carbonyl (C=O) groups is 2. The predicted molar refractivity (Wildman–Crippen MR) is 78.8 cm³/mol. The highest BCUT2D eigenvalue weighted by molar-refractivity contribution is 5.85. The van der Waals surface area contributed by atoms with Crippen molar-refractivity contribution in [2.75, 3.05) is 11.9 Å². The number of aliphatic carboxylic acids is 1. The summed E-state index contributed by atoms with van der Waals surface area (Å²) in [7, 11) is 0. The smallest absolute Gasteiger partial charge is 0.477 e. The molecular formula is C14H19F3N2O5. The van der Waals surface area contributed by atoms with Gasteiger partial charge in [-0.25, -0.2) is 14.6 Å². The summed E-state index contributed by atoms with van der Waals surface area (Å²) < 4.78 is 31.7. The number of nitrogens with one attached hydrogen (secondary N) is 1. The molecule has 0 aliphatic heterocycles. The van der Waals surface area contributed by atoms with E-state index in [-0.39, 0.29) is 5.69 Å². The first-order valence-corrected chi connectivity index (χ1v) is 6.85. The fourth-order valence-corrected chi connectivity index (χ4v) is 1.50. The van der Waals surface area contributed by atoms with E-state index in [9.17, 15) is 23.1 Å². The van der Waals surface area contributed by atoms with Crippen LogP contribution >= 0.6 is 0 Å². The SMILES string of the molecule is CC(C)CC(O)CNc1cccc(C(=O)O)n1.O=C(O)C(F)(F)F. The standard InChI is InChI=1S/C12H18N2O3.C2HF3O2/c1-8(2)6-9(15)7-13-11-5-3-4-10(14-11)12(16)17;3-2(4,5)1(6)7/h3-5,8-9,15H,6-7H2,1-2H3,(H,13,14)(H,16,17);(H,6,7). The number of carboxylic acids is 2. The van der Waals surface area contributed by atoms with Crippen LogP contribution in [-0.2, 0) is 4.79 Å². The van der Waals surface area contributed by atoms with Gasteiger partial charge in [0.1, 0.15) is 5.82 Å². The number of anilines is 1. The number of nitrogens with zero attached hydrogens (tertiary/aromatic N) is 1. The van der Waals surface area contributed by atoms with Crippen molar-refractivity contribution in [2.45, 2.75) is 32.5 Å². The number of pyridine rings is 1. The maximum atomic E-state index is 10.7. The van der Waals surface area contributed by atoms with Crippen LogP contribution in [-0.4, -0.2) is 51.1 Å². The minimum absolute atomic E-state index is 0.00616. The Balaban J connectivity index is 0.000000640. The Bertz CT molecular complexity index is 549. The number of aromatic carboxylic acids is 1. The van der Waals surface area contributed by atoms with Gasteiger partial charge in [-0.15, -0.1) is 0 Å². The molecule has 7 nitrogen and oxygen atoms in total. The number of hydrogen-bond donors (Lipinski definition) is 4. The minimum Gasteiger partial charge on any atom is -0.477 e. The van der Waals surface area contributed by atoms with Crippen molar-refractivity contribution in [3.63, 3.8) is 0 Å².